The van der Waals surface area contributed by atoms with Crippen molar-refractivity contribution in [3.05, 3.63) is 0 Å². The number of hydrogen-bond acceptors (Lipinski definition) is 2. The Kier molecular flexibility index (Phi) is 3.92. The van der Waals surface area contributed by atoms with Crippen molar-refractivity contribution in [2.24, 2.45) is 5.92 Å². The standard InChI is InChI=1S/C9H20N2O2S/c1-9(2)5-4-6-10(3)14(12,13)11-7-8-11/h9H,4-8H2,1-3H3. The first-order valence-corrected chi connectivity index (χ1v) is 6.55. The predicted octanol–water partition coefficient (Wildman–Crippen LogP) is 0.915. The summed E-state index contributed by atoms with van der Waals surface area (Å²) in [5, 5.41) is 0. The maximum absolute atomic E-state index is 11.6. The maximum atomic E-state index is 11.6. The Bertz CT molecular complexity index is 271. The highest BCUT2D eigenvalue weighted by Crippen LogP contribution is 2.16. The molecule has 1 aliphatic heterocycles. The Morgan fingerprint density at radius 1 is 1.36 bits per heavy atom. The second-order valence-corrected chi connectivity index (χ2v) is 6.30. The van der Waals surface area contributed by atoms with Crippen LogP contribution in [0, 0.1) is 5.92 Å². The third-order valence-electron chi connectivity index (χ3n) is 2.38. The van der Waals surface area contributed by atoms with E-state index in [4.69, 9.17) is 0 Å². The molecule has 14 heavy (non-hydrogen) atoms. The van der Waals surface area contributed by atoms with Crippen LogP contribution in [0.5, 0.6) is 0 Å². The molecule has 1 saturated heterocycles. The van der Waals surface area contributed by atoms with Gasteiger partial charge in [-0.2, -0.15) is 17.0 Å². The lowest BCUT2D eigenvalue weighted by Crippen LogP contribution is -2.33. The average Bonchev–Trinajstić information content (AvgIpc) is 2.85. The van der Waals surface area contributed by atoms with Gasteiger partial charge >= 0.3 is 0 Å². The summed E-state index contributed by atoms with van der Waals surface area (Å²) in [7, 11) is -1.44. The van der Waals surface area contributed by atoms with Crippen LogP contribution in [0.3, 0.4) is 0 Å². The van der Waals surface area contributed by atoms with Crippen LogP contribution in [0.25, 0.3) is 0 Å². The molecule has 1 aliphatic rings. The van der Waals surface area contributed by atoms with Crippen LogP contribution in [-0.2, 0) is 10.2 Å². The maximum Gasteiger partial charge on any atom is 0.281 e. The molecule has 5 heteroatoms. The van der Waals surface area contributed by atoms with E-state index in [1.807, 2.05) is 0 Å². The lowest BCUT2D eigenvalue weighted by molar-refractivity contribution is 0.416. The van der Waals surface area contributed by atoms with Crippen molar-refractivity contribution in [3.63, 3.8) is 0 Å². The van der Waals surface area contributed by atoms with Gasteiger partial charge in [-0.25, -0.2) is 0 Å². The minimum Gasteiger partial charge on any atom is -0.195 e. The predicted molar refractivity (Wildman–Crippen MR) is 57.2 cm³/mol. The minimum absolute atomic E-state index is 0.636. The van der Waals surface area contributed by atoms with Crippen molar-refractivity contribution in [2.45, 2.75) is 26.7 Å². The van der Waals surface area contributed by atoms with Crippen LogP contribution in [0.15, 0.2) is 0 Å². The van der Waals surface area contributed by atoms with Gasteiger partial charge in [-0.15, -0.1) is 0 Å². The van der Waals surface area contributed by atoms with Crippen molar-refractivity contribution in [1.82, 2.24) is 8.61 Å². The highest BCUT2D eigenvalue weighted by atomic mass is 32.2. The van der Waals surface area contributed by atoms with Gasteiger partial charge in [-0.3, -0.25) is 0 Å². The largest absolute Gasteiger partial charge is 0.281 e. The van der Waals surface area contributed by atoms with E-state index in [0.29, 0.717) is 25.6 Å². The van der Waals surface area contributed by atoms with Gasteiger partial charge in [-0.1, -0.05) is 13.8 Å². The molecule has 0 radical (unpaired) electrons. The molecule has 4 nitrogen and oxygen atoms in total. The van der Waals surface area contributed by atoms with Gasteiger partial charge in [0, 0.05) is 26.7 Å². The lowest BCUT2D eigenvalue weighted by atomic mass is 10.1. The van der Waals surface area contributed by atoms with Crippen LogP contribution >= 0.6 is 0 Å². The zero-order valence-electron chi connectivity index (χ0n) is 9.23. The van der Waals surface area contributed by atoms with E-state index < -0.39 is 10.2 Å². The first-order chi connectivity index (χ1) is 6.44. The van der Waals surface area contributed by atoms with E-state index in [9.17, 15) is 8.42 Å². The second-order valence-electron chi connectivity index (χ2n) is 4.26. The summed E-state index contributed by atoms with van der Waals surface area (Å²) in [6.07, 6.45) is 2.03. The van der Waals surface area contributed by atoms with Crippen molar-refractivity contribution < 1.29 is 8.42 Å². The molecule has 0 aromatic rings. The van der Waals surface area contributed by atoms with Gasteiger partial charge in [0.15, 0.2) is 0 Å². The molecule has 0 amide bonds. The van der Waals surface area contributed by atoms with E-state index in [1.165, 1.54) is 8.61 Å². The fraction of sp³-hybridized carbons (Fsp3) is 1.00. The van der Waals surface area contributed by atoms with Gasteiger partial charge in [-0.05, 0) is 18.8 Å². The molecule has 0 aromatic carbocycles. The Hall–Kier alpha value is -0.130. The third-order valence-corrected chi connectivity index (χ3v) is 4.37. The van der Waals surface area contributed by atoms with Crippen LogP contribution in [-0.4, -0.2) is 43.7 Å². The van der Waals surface area contributed by atoms with E-state index in [-0.39, 0.29) is 0 Å². The lowest BCUT2D eigenvalue weighted by Gasteiger charge is -2.17. The molecule has 0 spiro atoms. The number of hydrogen-bond donors (Lipinski definition) is 0. The highest BCUT2D eigenvalue weighted by Gasteiger charge is 2.34. The summed E-state index contributed by atoms with van der Waals surface area (Å²) in [6, 6.07) is 0. The fourth-order valence-corrected chi connectivity index (χ4v) is 2.60. The molecular formula is C9H20N2O2S. The van der Waals surface area contributed by atoms with Gasteiger partial charge in [0.05, 0.1) is 0 Å². The normalized spacial score (nSPS) is 18.1. The molecular weight excluding hydrogens is 200 g/mol. The Morgan fingerprint density at radius 3 is 2.36 bits per heavy atom. The second kappa shape index (κ2) is 4.59. The van der Waals surface area contributed by atoms with Gasteiger partial charge < -0.3 is 0 Å². The third kappa shape index (κ3) is 3.22. The van der Waals surface area contributed by atoms with Crippen molar-refractivity contribution >= 4 is 10.2 Å². The molecule has 0 unspecified atom stereocenters. The minimum atomic E-state index is -3.10. The van der Waals surface area contributed by atoms with Crippen LogP contribution < -0.4 is 0 Å². The molecule has 1 rings (SSSR count). The molecule has 1 heterocycles. The van der Waals surface area contributed by atoms with Crippen LogP contribution in [0.2, 0.25) is 0 Å². The molecule has 0 bridgehead atoms. The van der Waals surface area contributed by atoms with Gasteiger partial charge in [0.1, 0.15) is 0 Å². The highest BCUT2D eigenvalue weighted by molar-refractivity contribution is 7.87. The SMILES string of the molecule is CC(C)CCCN(C)S(=O)(=O)N1CC1. The van der Waals surface area contributed by atoms with E-state index in [2.05, 4.69) is 13.8 Å². The summed E-state index contributed by atoms with van der Waals surface area (Å²) >= 11 is 0. The van der Waals surface area contributed by atoms with E-state index in [1.54, 1.807) is 7.05 Å². The zero-order valence-corrected chi connectivity index (χ0v) is 10.0. The summed E-state index contributed by atoms with van der Waals surface area (Å²) in [4.78, 5) is 0. The molecule has 0 N–H and O–H groups in total. The summed E-state index contributed by atoms with van der Waals surface area (Å²) in [6.45, 7) is 6.32. The van der Waals surface area contributed by atoms with Gasteiger partial charge in [0.2, 0.25) is 0 Å². The van der Waals surface area contributed by atoms with Crippen molar-refractivity contribution in [1.29, 1.82) is 0 Å². The topological polar surface area (TPSA) is 40.4 Å². The Balaban J connectivity index is 2.30. The van der Waals surface area contributed by atoms with Crippen LogP contribution in [0.4, 0.5) is 0 Å². The summed E-state index contributed by atoms with van der Waals surface area (Å²) in [5.41, 5.74) is 0. The van der Waals surface area contributed by atoms with Crippen molar-refractivity contribution in [3.8, 4) is 0 Å². The zero-order chi connectivity index (χ0) is 10.8. The quantitative estimate of drug-likeness (QED) is 0.624. The smallest absolute Gasteiger partial charge is 0.195 e. The molecule has 0 saturated carbocycles. The first kappa shape index (κ1) is 11.9. The average molecular weight is 220 g/mol. The number of rotatable bonds is 6. The molecule has 0 aromatic heterocycles. The Labute approximate surface area is 87.1 Å². The molecule has 0 atom stereocenters. The number of nitrogens with zero attached hydrogens (tertiary/aromatic N) is 2. The van der Waals surface area contributed by atoms with Gasteiger partial charge in [0.25, 0.3) is 10.2 Å². The monoisotopic (exact) mass is 220 g/mol. The van der Waals surface area contributed by atoms with E-state index >= 15 is 0 Å². The fourth-order valence-electron chi connectivity index (χ4n) is 1.31. The summed E-state index contributed by atoms with van der Waals surface area (Å²) < 4.78 is 26.2. The Morgan fingerprint density at radius 2 is 1.93 bits per heavy atom. The molecule has 1 fully saturated rings. The van der Waals surface area contributed by atoms with Crippen molar-refractivity contribution in [2.75, 3.05) is 26.7 Å². The molecule has 0 aliphatic carbocycles. The first-order valence-electron chi connectivity index (χ1n) is 5.16. The molecule has 84 valence electrons. The van der Waals surface area contributed by atoms with Crippen LogP contribution in [0.1, 0.15) is 26.7 Å². The summed E-state index contributed by atoms with van der Waals surface area (Å²) in [5.74, 6) is 0.646. The van der Waals surface area contributed by atoms with E-state index in [0.717, 1.165) is 12.8 Å².